The number of methoxy groups -OCH3 is 1. The van der Waals surface area contributed by atoms with Crippen LogP contribution in [0.3, 0.4) is 0 Å². The van der Waals surface area contributed by atoms with E-state index in [1.54, 1.807) is 0 Å². The fraction of sp³-hybridized carbons (Fsp3) is 0.0769. The molecule has 0 fully saturated rings. The summed E-state index contributed by atoms with van der Waals surface area (Å²) in [5.41, 5.74) is 0.0521. The van der Waals surface area contributed by atoms with Crippen molar-refractivity contribution in [3.05, 3.63) is 24.3 Å². The molecule has 0 aliphatic rings. The molecule has 5 N–H and O–H groups in total. The van der Waals surface area contributed by atoms with E-state index in [4.69, 9.17) is 4.74 Å². The molecule has 2 aromatic carbocycles. The van der Waals surface area contributed by atoms with E-state index in [1.165, 1.54) is 25.3 Å². The number of rotatable bonds is 2. The molecular formula is C13H11O6. The first kappa shape index (κ1) is 12.7. The molecule has 0 unspecified atom stereocenters. The number of hydrogen-bond donors (Lipinski definition) is 5. The zero-order valence-corrected chi connectivity index (χ0v) is 9.88. The van der Waals surface area contributed by atoms with Gasteiger partial charge in [-0.3, -0.25) is 0 Å². The molecule has 0 spiro atoms. The van der Waals surface area contributed by atoms with Crippen molar-refractivity contribution in [2.45, 2.75) is 0 Å². The Bertz CT molecular complexity index is 606. The lowest BCUT2D eigenvalue weighted by molar-refractivity contribution is 0.330. The summed E-state index contributed by atoms with van der Waals surface area (Å²) < 4.78 is 4.95. The van der Waals surface area contributed by atoms with Gasteiger partial charge in [0.05, 0.1) is 12.7 Å². The second-order valence-electron chi connectivity index (χ2n) is 3.76. The zero-order chi connectivity index (χ0) is 14.2. The van der Waals surface area contributed by atoms with Crippen LogP contribution in [-0.2, 0) is 0 Å². The van der Waals surface area contributed by atoms with E-state index in [-0.39, 0.29) is 11.1 Å². The minimum atomic E-state index is -0.992. The summed E-state index contributed by atoms with van der Waals surface area (Å²) in [5.74, 6) is -3.99. The van der Waals surface area contributed by atoms with Gasteiger partial charge in [0.2, 0.25) is 17.2 Å². The summed E-state index contributed by atoms with van der Waals surface area (Å²) in [6.45, 7) is 0. The van der Waals surface area contributed by atoms with Gasteiger partial charge in [-0.2, -0.15) is 0 Å². The van der Waals surface area contributed by atoms with Gasteiger partial charge in [0, 0.05) is 6.07 Å². The van der Waals surface area contributed by atoms with E-state index in [0.29, 0.717) is 5.75 Å². The molecule has 6 heteroatoms. The standard InChI is InChI=1S/C13H11O6/c1-19-7-4-2-3-6(5-7)8-9(14)11(16)13(18)12(17)10(8)15/h2-3,5,14-18H,1H3. The number of ether oxygens (including phenoxy) is 1. The SMILES string of the molecule is COc1[c]ccc(-c2c(O)c(O)c(O)c(O)c2O)c1. The van der Waals surface area contributed by atoms with Gasteiger partial charge in [-0.05, 0) is 17.7 Å². The molecule has 6 nitrogen and oxygen atoms in total. The first-order chi connectivity index (χ1) is 8.97. The molecule has 0 saturated carbocycles. The summed E-state index contributed by atoms with van der Waals surface area (Å²) in [5, 5.41) is 47.8. The van der Waals surface area contributed by atoms with Gasteiger partial charge in [0.15, 0.2) is 11.5 Å². The van der Waals surface area contributed by atoms with Gasteiger partial charge >= 0.3 is 0 Å². The maximum atomic E-state index is 9.77. The van der Waals surface area contributed by atoms with Gasteiger partial charge in [0.25, 0.3) is 0 Å². The molecule has 2 rings (SSSR count). The fourth-order valence-corrected chi connectivity index (χ4v) is 1.68. The Morgan fingerprint density at radius 1 is 0.895 bits per heavy atom. The van der Waals surface area contributed by atoms with Crippen LogP contribution >= 0.6 is 0 Å². The van der Waals surface area contributed by atoms with Crippen molar-refractivity contribution in [1.82, 2.24) is 0 Å². The third-order valence-electron chi connectivity index (χ3n) is 2.65. The van der Waals surface area contributed by atoms with Crippen LogP contribution in [0.15, 0.2) is 18.2 Å². The minimum Gasteiger partial charge on any atom is -0.504 e. The summed E-state index contributed by atoms with van der Waals surface area (Å²) >= 11 is 0. The predicted molar refractivity (Wildman–Crippen MR) is 65.6 cm³/mol. The Labute approximate surface area is 108 Å². The highest BCUT2D eigenvalue weighted by atomic mass is 16.5. The van der Waals surface area contributed by atoms with Crippen molar-refractivity contribution >= 4 is 0 Å². The molecule has 0 bridgehead atoms. The maximum absolute atomic E-state index is 9.77. The molecule has 0 amide bonds. The molecule has 19 heavy (non-hydrogen) atoms. The van der Waals surface area contributed by atoms with Crippen molar-refractivity contribution in [2.24, 2.45) is 0 Å². The molecule has 99 valence electrons. The van der Waals surface area contributed by atoms with E-state index < -0.39 is 28.7 Å². The summed E-state index contributed by atoms with van der Waals surface area (Å²) in [7, 11) is 1.42. The second-order valence-corrected chi connectivity index (χ2v) is 3.76. The van der Waals surface area contributed by atoms with Crippen molar-refractivity contribution in [3.63, 3.8) is 0 Å². The van der Waals surface area contributed by atoms with E-state index in [9.17, 15) is 25.5 Å². The van der Waals surface area contributed by atoms with Crippen LogP contribution in [0.2, 0.25) is 0 Å². The largest absolute Gasteiger partial charge is 0.504 e. The number of aromatic hydroxyl groups is 5. The lowest BCUT2D eigenvalue weighted by atomic mass is 10.0. The molecule has 0 aromatic heterocycles. The summed E-state index contributed by atoms with van der Waals surface area (Å²) in [4.78, 5) is 0. The highest BCUT2D eigenvalue weighted by Gasteiger charge is 2.24. The monoisotopic (exact) mass is 263 g/mol. The minimum absolute atomic E-state index is 0.222. The third-order valence-corrected chi connectivity index (χ3v) is 2.65. The Balaban J connectivity index is 2.75. The number of phenols is 5. The van der Waals surface area contributed by atoms with Crippen molar-refractivity contribution < 1.29 is 30.3 Å². The van der Waals surface area contributed by atoms with Crippen LogP contribution < -0.4 is 4.74 Å². The van der Waals surface area contributed by atoms with Gasteiger partial charge in [0.1, 0.15) is 5.75 Å². The molecule has 2 aromatic rings. The van der Waals surface area contributed by atoms with Crippen LogP contribution in [-0.4, -0.2) is 32.6 Å². The second kappa shape index (κ2) is 4.49. The highest BCUT2D eigenvalue weighted by molar-refractivity contribution is 5.85. The van der Waals surface area contributed by atoms with E-state index in [0.717, 1.165) is 0 Å². The Morgan fingerprint density at radius 3 is 1.95 bits per heavy atom. The number of hydrogen-bond acceptors (Lipinski definition) is 6. The smallest absolute Gasteiger partial charge is 0.208 e. The molecular weight excluding hydrogens is 252 g/mol. The average molecular weight is 263 g/mol. The summed E-state index contributed by atoms with van der Waals surface area (Å²) in [6, 6.07) is 7.14. The van der Waals surface area contributed by atoms with Crippen molar-refractivity contribution in [2.75, 3.05) is 7.11 Å². The van der Waals surface area contributed by atoms with E-state index >= 15 is 0 Å². The molecule has 0 atom stereocenters. The van der Waals surface area contributed by atoms with Crippen LogP contribution in [0.4, 0.5) is 0 Å². The Hall–Kier alpha value is -2.76. The number of phenolic OH excluding ortho intramolecular Hbond substituents is 5. The molecule has 0 saturated heterocycles. The first-order valence-corrected chi connectivity index (χ1v) is 5.22. The first-order valence-electron chi connectivity index (χ1n) is 5.22. The predicted octanol–water partition coefficient (Wildman–Crippen LogP) is 1.69. The summed E-state index contributed by atoms with van der Waals surface area (Å²) in [6.07, 6.45) is 0. The quantitative estimate of drug-likeness (QED) is 0.416. The van der Waals surface area contributed by atoms with Crippen LogP contribution in [0.5, 0.6) is 34.5 Å². The normalized spacial score (nSPS) is 10.4. The zero-order valence-electron chi connectivity index (χ0n) is 9.88. The van der Waals surface area contributed by atoms with Crippen molar-refractivity contribution in [1.29, 1.82) is 0 Å². The fourth-order valence-electron chi connectivity index (χ4n) is 1.68. The third kappa shape index (κ3) is 1.93. The molecule has 1 radical (unpaired) electrons. The lowest BCUT2D eigenvalue weighted by Gasteiger charge is -2.12. The molecule has 0 aliphatic heterocycles. The van der Waals surface area contributed by atoms with Crippen LogP contribution in [0, 0.1) is 6.07 Å². The van der Waals surface area contributed by atoms with E-state index in [1.807, 2.05) is 0 Å². The van der Waals surface area contributed by atoms with Crippen LogP contribution in [0.25, 0.3) is 11.1 Å². The molecule has 0 aliphatic carbocycles. The van der Waals surface area contributed by atoms with Gasteiger partial charge in [-0.15, -0.1) is 0 Å². The van der Waals surface area contributed by atoms with Crippen molar-refractivity contribution in [3.8, 4) is 45.6 Å². The molecule has 0 heterocycles. The highest BCUT2D eigenvalue weighted by Crippen LogP contribution is 2.54. The van der Waals surface area contributed by atoms with E-state index in [2.05, 4.69) is 6.07 Å². The average Bonchev–Trinajstić information content (AvgIpc) is 2.43. The lowest BCUT2D eigenvalue weighted by Crippen LogP contribution is -1.87. The van der Waals surface area contributed by atoms with Crippen LogP contribution in [0.1, 0.15) is 0 Å². The maximum Gasteiger partial charge on any atom is 0.208 e. The van der Waals surface area contributed by atoms with Gasteiger partial charge < -0.3 is 30.3 Å². The Morgan fingerprint density at radius 2 is 1.42 bits per heavy atom. The van der Waals surface area contributed by atoms with Gasteiger partial charge in [-0.1, -0.05) is 6.07 Å². The van der Waals surface area contributed by atoms with Gasteiger partial charge in [-0.25, -0.2) is 0 Å². The Kier molecular flexibility index (Phi) is 3.00. The topological polar surface area (TPSA) is 110 Å². The number of benzene rings is 2.